The van der Waals surface area contributed by atoms with Gasteiger partial charge >= 0.3 is 0 Å². The molecule has 3 rings (SSSR count). The van der Waals surface area contributed by atoms with Gasteiger partial charge in [0.2, 0.25) is 0 Å². The first-order valence-electron chi connectivity index (χ1n) is 5.65. The van der Waals surface area contributed by atoms with Gasteiger partial charge in [0.05, 0.1) is 12.2 Å². The van der Waals surface area contributed by atoms with Crippen molar-refractivity contribution >= 4 is 11.3 Å². The summed E-state index contributed by atoms with van der Waals surface area (Å²) in [5, 5.41) is 8.33. The van der Waals surface area contributed by atoms with Crippen molar-refractivity contribution in [3.05, 3.63) is 24.2 Å². The predicted molar refractivity (Wildman–Crippen MR) is 61.9 cm³/mol. The van der Waals surface area contributed by atoms with E-state index in [9.17, 15) is 0 Å². The van der Waals surface area contributed by atoms with Crippen molar-refractivity contribution in [1.29, 1.82) is 0 Å². The van der Waals surface area contributed by atoms with Gasteiger partial charge in [-0.25, -0.2) is 0 Å². The number of hydrogen-bond acceptors (Lipinski definition) is 4. The van der Waals surface area contributed by atoms with Crippen LogP contribution >= 0.6 is 0 Å². The van der Waals surface area contributed by atoms with E-state index in [2.05, 4.69) is 15.1 Å². The molecule has 2 aromatic heterocycles. The Balaban J connectivity index is 1.94. The van der Waals surface area contributed by atoms with Gasteiger partial charge in [-0.1, -0.05) is 0 Å². The van der Waals surface area contributed by atoms with Gasteiger partial charge in [0.1, 0.15) is 0 Å². The van der Waals surface area contributed by atoms with E-state index in [0.29, 0.717) is 5.69 Å². The number of fused-ring (bicyclic) bond motifs is 1. The Labute approximate surface area is 93.9 Å². The van der Waals surface area contributed by atoms with Crippen LogP contribution in [-0.4, -0.2) is 32.6 Å². The summed E-state index contributed by atoms with van der Waals surface area (Å²) < 4.78 is 1.98. The summed E-state index contributed by atoms with van der Waals surface area (Å²) in [5.74, 6) is 0.976. The van der Waals surface area contributed by atoms with Crippen molar-refractivity contribution in [2.24, 2.45) is 0 Å². The van der Waals surface area contributed by atoms with E-state index in [4.69, 9.17) is 5.73 Å². The average molecular weight is 217 g/mol. The summed E-state index contributed by atoms with van der Waals surface area (Å²) >= 11 is 0. The lowest BCUT2D eigenvalue weighted by Gasteiger charge is -2.12. The zero-order chi connectivity index (χ0) is 11.0. The van der Waals surface area contributed by atoms with Gasteiger partial charge in [-0.05, 0) is 38.1 Å². The maximum absolute atomic E-state index is 5.84. The Morgan fingerprint density at radius 2 is 2.06 bits per heavy atom. The van der Waals surface area contributed by atoms with Crippen LogP contribution in [0, 0.1) is 0 Å². The maximum Gasteiger partial charge on any atom is 0.184 e. The topological polar surface area (TPSA) is 59.5 Å². The Morgan fingerprint density at radius 1 is 1.25 bits per heavy atom. The van der Waals surface area contributed by atoms with Crippen LogP contribution in [0.15, 0.2) is 18.3 Å². The van der Waals surface area contributed by atoms with Crippen LogP contribution < -0.4 is 5.73 Å². The summed E-state index contributed by atoms with van der Waals surface area (Å²) in [6, 6.07) is 3.78. The van der Waals surface area contributed by atoms with E-state index in [1.807, 2.05) is 22.7 Å². The Morgan fingerprint density at radius 3 is 2.88 bits per heavy atom. The molecule has 1 fully saturated rings. The van der Waals surface area contributed by atoms with E-state index in [1.165, 1.54) is 12.8 Å². The molecule has 1 aliphatic rings. The molecule has 5 nitrogen and oxygen atoms in total. The molecule has 0 radical (unpaired) electrons. The molecule has 1 aliphatic heterocycles. The lowest BCUT2D eigenvalue weighted by atomic mass is 10.4. The highest BCUT2D eigenvalue weighted by atomic mass is 15.3. The molecule has 16 heavy (non-hydrogen) atoms. The SMILES string of the molecule is Nc1cccn2c(CN3CCCC3)nnc12. The smallest absolute Gasteiger partial charge is 0.184 e. The molecule has 5 heteroatoms. The van der Waals surface area contributed by atoms with Crippen molar-refractivity contribution in [3.63, 3.8) is 0 Å². The molecule has 0 spiro atoms. The number of rotatable bonds is 2. The second kappa shape index (κ2) is 3.75. The van der Waals surface area contributed by atoms with Crippen LogP contribution in [0.4, 0.5) is 5.69 Å². The number of aromatic nitrogens is 3. The Kier molecular flexibility index (Phi) is 2.25. The molecule has 0 unspecified atom stereocenters. The Hall–Kier alpha value is -1.62. The van der Waals surface area contributed by atoms with E-state index < -0.39 is 0 Å². The zero-order valence-corrected chi connectivity index (χ0v) is 9.13. The minimum absolute atomic E-state index is 0.683. The van der Waals surface area contributed by atoms with Gasteiger partial charge in [-0.3, -0.25) is 9.30 Å². The van der Waals surface area contributed by atoms with Gasteiger partial charge in [-0.2, -0.15) is 0 Å². The van der Waals surface area contributed by atoms with Crippen molar-refractivity contribution in [2.75, 3.05) is 18.8 Å². The largest absolute Gasteiger partial charge is 0.396 e. The molecule has 0 amide bonds. The number of nitrogens with two attached hydrogens (primary N) is 1. The van der Waals surface area contributed by atoms with E-state index >= 15 is 0 Å². The van der Waals surface area contributed by atoms with Crippen molar-refractivity contribution in [1.82, 2.24) is 19.5 Å². The monoisotopic (exact) mass is 217 g/mol. The van der Waals surface area contributed by atoms with Gasteiger partial charge in [-0.15, -0.1) is 10.2 Å². The molecule has 0 aromatic carbocycles. The second-order valence-electron chi connectivity index (χ2n) is 4.26. The molecule has 84 valence electrons. The fourth-order valence-electron chi connectivity index (χ4n) is 2.23. The van der Waals surface area contributed by atoms with Gasteiger partial charge in [0.25, 0.3) is 0 Å². The van der Waals surface area contributed by atoms with E-state index in [0.717, 1.165) is 31.1 Å². The minimum atomic E-state index is 0.683. The van der Waals surface area contributed by atoms with Crippen LogP contribution in [0.1, 0.15) is 18.7 Å². The number of hydrogen-bond donors (Lipinski definition) is 1. The highest BCUT2D eigenvalue weighted by Crippen LogP contribution is 2.15. The van der Waals surface area contributed by atoms with Crippen LogP contribution in [-0.2, 0) is 6.54 Å². The Bertz CT molecular complexity index is 498. The molecule has 2 N–H and O–H groups in total. The molecule has 1 saturated heterocycles. The molecular formula is C11H15N5. The normalized spacial score (nSPS) is 17.2. The number of nitrogen functional groups attached to an aromatic ring is 1. The number of likely N-dealkylation sites (tertiary alicyclic amines) is 1. The first-order chi connectivity index (χ1) is 7.84. The van der Waals surface area contributed by atoms with Gasteiger partial charge in [0.15, 0.2) is 11.5 Å². The minimum Gasteiger partial charge on any atom is -0.396 e. The first-order valence-corrected chi connectivity index (χ1v) is 5.65. The van der Waals surface area contributed by atoms with Gasteiger partial charge in [0, 0.05) is 6.20 Å². The van der Waals surface area contributed by atoms with Crippen molar-refractivity contribution < 1.29 is 0 Å². The fraction of sp³-hybridized carbons (Fsp3) is 0.455. The van der Waals surface area contributed by atoms with Crippen LogP contribution in [0.25, 0.3) is 5.65 Å². The molecule has 0 atom stereocenters. The third kappa shape index (κ3) is 1.53. The number of nitrogens with zero attached hydrogens (tertiary/aromatic N) is 4. The predicted octanol–water partition coefficient (Wildman–Crippen LogP) is 0.907. The molecule has 0 aliphatic carbocycles. The summed E-state index contributed by atoms with van der Waals surface area (Å²) in [4.78, 5) is 2.40. The first kappa shape index (κ1) is 9.59. The average Bonchev–Trinajstić information content (AvgIpc) is 2.90. The van der Waals surface area contributed by atoms with Crippen LogP contribution in [0.5, 0.6) is 0 Å². The summed E-state index contributed by atoms with van der Waals surface area (Å²) in [5.41, 5.74) is 7.28. The molecular weight excluding hydrogens is 202 g/mol. The van der Waals surface area contributed by atoms with E-state index in [1.54, 1.807) is 0 Å². The van der Waals surface area contributed by atoms with E-state index in [-0.39, 0.29) is 0 Å². The second-order valence-corrected chi connectivity index (χ2v) is 4.26. The van der Waals surface area contributed by atoms with Crippen LogP contribution in [0.3, 0.4) is 0 Å². The third-order valence-corrected chi connectivity index (χ3v) is 3.10. The third-order valence-electron chi connectivity index (χ3n) is 3.10. The maximum atomic E-state index is 5.84. The fourth-order valence-corrected chi connectivity index (χ4v) is 2.23. The summed E-state index contributed by atoms with van der Waals surface area (Å²) in [6.45, 7) is 3.19. The van der Waals surface area contributed by atoms with Crippen LogP contribution in [0.2, 0.25) is 0 Å². The highest BCUT2D eigenvalue weighted by Gasteiger charge is 2.15. The summed E-state index contributed by atoms with van der Waals surface area (Å²) in [7, 11) is 0. The molecule has 2 aromatic rings. The highest BCUT2D eigenvalue weighted by molar-refractivity contribution is 5.63. The standard InChI is InChI=1S/C11H15N5/c12-9-4-3-7-16-10(13-14-11(9)16)8-15-5-1-2-6-15/h3-4,7H,1-2,5-6,8,12H2. The van der Waals surface area contributed by atoms with Crippen molar-refractivity contribution in [3.8, 4) is 0 Å². The molecule has 3 heterocycles. The quantitative estimate of drug-likeness (QED) is 0.812. The zero-order valence-electron chi connectivity index (χ0n) is 9.13. The molecule has 0 bridgehead atoms. The molecule has 0 saturated carbocycles. The van der Waals surface area contributed by atoms with Crippen molar-refractivity contribution in [2.45, 2.75) is 19.4 Å². The summed E-state index contributed by atoms with van der Waals surface area (Å²) in [6.07, 6.45) is 4.55. The lowest BCUT2D eigenvalue weighted by Crippen LogP contribution is -2.20. The van der Waals surface area contributed by atoms with Gasteiger partial charge < -0.3 is 5.73 Å². The number of anilines is 1. The lowest BCUT2D eigenvalue weighted by molar-refractivity contribution is 0.321. The number of pyridine rings is 1.